The molecule has 1 aliphatic heterocycles. The van der Waals surface area contributed by atoms with Crippen molar-refractivity contribution in [3.8, 4) is 5.75 Å². The van der Waals surface area contributed by atoms with E-state index in [1.165, 1.54) is 0 Å². The first-order valence-corrected chi connectivity index (χ1v) is 12.5. The van der Waals surface area contributed by atoms with Gasteiger partial charge in [-0.3, -0.25) is 4.79 Å². The summed E-state index contributed by atoms with van der Waals surface area (Å²) in [4.78, 5) is 12.4. The van der Waals surface area contributed by atoms with E-state index < -0.39 is 27.5 Å². The average molecular weight is 473 g/mol. The van der Waals surface area contributed by atoms with Crippen molar-refractivity contribution in [2.75, 3.05) is 20.2 Å². The summed E-state index contributed by atoms with van der Waals surface area (Å²) < 4.78 is 54.1. The maximum atomic E-state index is 14.8. The number of ether oxygens (including phenoxy) is 2. The van der Waals surface area contributed by atoms with E-state index in [9.17, 15) is 17.6 Å². The number of methoxy groups -OCH3 is 1. The van der Waals surface area contributed by atoms with Gasteiger partial charge >= 0.3 is 10.2 Å². The molecule has 4 bridgehead atoms. The summed E-state index contributed by atoms with van der Waals surface area (Å²) in [6.45, 7) is 0.682. The highest BCUT2D eigenvalue weighted by molar-refractivity contribution is 7.87. The average Bonchev–Trinajstić information content (AvgIpc) is 2.64. The van der Waals surface area contributed by atoms with Gasteiger partial charge in [0.2, 0.25) is 0 Å². The van der Waals surface area contributed by atoms with E-state index in [1.807, 2.05) is 4.72 Å². The third-order valence-electron chi connectivity index (χ3n) is 7.47. The van der Waals surface area contributed by atoms with Crippen molar-refractivity contribution in [1.29, 1.82) is 0 Å². The van der Waals surface area contributed by atoms with Crippen molar-refractivity contribution >= 4 is 27.7 Å². The SMILES string of the molecule is COC12CC3CC(C1)C(Oc1cc(F)c(C(=O)NS(=O)(=O)N4CCC4)cc1Cl)C(C3)C2. The highest BCUT2D eigenvalue weighted by atomic mass is 35.5. The van der Waals surface area contributed by atoms with Gasteiger partial charge in [-0.05, 0) is 62.3 Å². The third-order valence-corrected chi connectivity index (χ3v) is 9.25. The molecule has 1 amide bonds. The molecule has 31 heavy (non-hydrogen) atoms. The zero-order valence-corrected chi connectivity index (χ0v) is 18.8. The van der Waals surface area contributed by atoms with Crippen LogP contribution in [-0.2, 0) is 14.9 Å². The number of amides is 1. The van der Waals surface area contributed by atoms with Crippen molar-refractivity contribution in [3.63, 3.8) is 0 Å². The fourth-order valence-electron chi connectivity index (χ4n) is 6.05. The van der Waals surface area contributed by atoms with Gasteiger partial charge in [0.1, 0.15) is 17.7 Å². The number of carbonyl (C=O) groups is 1. The molecule has 170 valence electrons. The second-order valence-electron chi connectivity index (χ2n) is 9.39. The second kappa shape index (κ2) is 7.57. The topological polar surface area (TPSA) is 84.9 Å². The molecule has 7 nitrogen and oxygen atoms in total. The Labute approximate surface area is 186 Å². The lowest BCUT2D eigenvalue weighted by molar-refractivity contribution is -0.182. The van der Waals surface area contributed by atoms with E-state index in [2.05, 4.69) is 0 Å². The van der Waals surface area contributed by atoms with Crippen LogP contribution in [-0.4, -0.2) is 50.5 Å². The molecule has 5 fully saturated rings. The Morgan fingerprint density at radius 3 is 2.48 bits per heavy atom. The Hall–Kier alpha value is -1.42. The molecule has 10 heteroatoms. The summed E-state index contributed by atoms with van der Waals surface area (Å²) in [6, 6.07) is 2.23. The van der Waals surface area contributed by atoms with Gasteiger partial charge in [0.05, 0.1) is 16.2 Å². The summed E-state index contributed by atoms with van der Waals surface area (Å²) in [5, 5.41) is 0.0863. The fraction of sp³-hybridized carbons (Fsp3) is 0.667. The summed E-state index contributed by atoms with van der Waals surface area (Å²) in [5.74, 6) is -0.429. The Morgan fingerprint density at radius 1 is 1.23 bits per heavy atom. The van der Waals surface area contributed by atoms with Gasteiger partial charge in [-0.15, -0.1) is 0 Å². The number of halogens is 2. The van der Waals surface area contributed by atoms with Crippen LogP contribution in [0.5, 0.6) is 5.75 Å². The Bertz CT molecular complexity index is 999. The standard InChI is InChI=1S/C21H26ClFN2O5S/c1-29-21-9-12-5-13(10-21)19(14(6-12)11-21)30-18-8-17(23)15(7-16(18)22)20(26)24-31(27,28)25-3-2-4-25/h7-8,12-14,19H,2-6,9-11H2,1H3,(H,24,26). The van der Waals surface area contributed by atoms with Crippen molar-refractivity contribution in [1.82, 2.24) is 9.03 Å². The summed E-state index contributed by atoms with van der Waals surface area (Å²) in [5.41, 5.74) is -0.486. The molecule has 0 spiro atoms. The Balaban J connectivity index is 1.33. The second-order valence-corrected chi connectivity index (χ2v) is 11.5. The fourth-order valence-corrected chi connectivity index (χ4v) is 7.47. The Morgan fingerprint density at radius 2 is 1.90 bits per heavy atom. The predicted molar refractivity (Wildman–Crippen MR) is 112 cm³/mol. The van der Waals surface area contributed by atoms with Crippen LogP contribution in [0.15, 0.2) is 12.1 Å². The monoisotopic (exact) mass is 472 g/mol. The summed E-state index contributed by atoms with van der Waals surface area (Å²) >= 11 is 6.33. The minimum Gasteiger partial charge on any atom is -0.488 e. The minimum absolute atomic E-state index is 0.0602. The molecule has 0 radical (unpaired) electrons. The minimum atomic E-state index is -3.97. The van der Waals surface area contributed by atoms with Crippen LogP contribution >= 0.6 is 11.6 Å². The molecule has 1 aromatic carbocycles. The molecule has 0 aromatic heterocycles. The van der Waals surface area contributed by atoms with Crippen LogP contribution in [0.3, 0.4) is 0 Å². The van der Waals surface area contributed by atoms with Gasteiger partial charge in [-0.25, -0.2) is 9.11 Å². The number of rotatable bonds is 6. The molecule has 1 heterocycles. The van der Waals surface area contributed by atoms with Crippen molar-refractivity contribution in [2.45, 2.75) is 50.2 Å². The van der Waals surface area contributed by atoms with E-state index in [-0.39, 0.29) is 22.5 Å². The van der Waals surface area contributed by atoms with E-state index in [0.29, 0.717) is 30.8 Å². The lowest BCUT2D eigenvalue weighted by atomic mass is 9.53. The molecule has 4 aliphatic carbocycles. The van der Waals surface area contributed by atoms with Crippen molar-refractivity contribution in [3.05, 3.63) is 28.5 Å². The molecule has 1 N–H and O–H groups in total. The lowest BCUT2D eigenvalue weighted by Gasteiger charge is -2.58. The number of nitrogens with one attached hydrogen (secondary N) is 1. The van der Waals surface area contributed by atoms with Crippen LogP contribution in [0.2, 0.25) is 5.02 Å². The first kappa shape index (κ1) is 21.4. The molecular formula is C21H26ClFN2O5S. The maximum Gasteiger partial charge on any atom is 0.304 e. The molecule has 4 saturated carbocycles. The first-order valence-electron chi connectivity index (χ1n) is 10.7. The van der Waals surface area contributed by atoms with Gasteiger partial charge in [-0.1, -0.05) is 11.6 Å². The van der Waals surface area contributed by atoms with E-state index >= 15 is 0 Å². The van der Waals surface area contributed by atoms with Gasteiger partial charge in [-0.2, -0.15) is 12.7 Å². The number of hydrogen-bond acceptors (Lipinski definition) is 5. The summed E-state index contributed by atoms with van der Waals surface area (Å²) in [6.07, 6.45) is 5.76. The molecule has 5 aliphatic rings. The Kier molecular flexibility index (Phi) is 5.23. The van der Waals surface area contributed by atoms with E-state index in [4.69, 9.17) is 21.1 Å². The molecule has 1 saturated heterocycles. The quantitative estimate of drug-likeness (QED) is 0.687. The molecule has 2 unspecified atom stereocenters. The number of benzene rings is 1. The zero-order chi connectivity index (χ0) is 22.0. The van der Waals surface area contributed by atoms with Crippen LogP contribution in [0.4, 0.5) is 4.39 Å². The van der Waals surface area contributed by atoms with Crippen LogP contribution in [0.25, 0.3) is 0 Å². The van der Waals surface area contributed by atoms with Gasteiger partial charge < -0.3 is 9.47 Å². The zero-order valence-electron chi connectivity index (χ0n) is 17.3. The van der Waals surface area contributed by atoms with Gasteiger partial charge in [0.15, 0.2) is 0 Å². The number of nitrogens with zero attached hydrogens (tertiary/aromatic N) is 1. The van der Waals surface area contributed by atoms with Gasteiger partial charge in [0, 0.05) is 26.3 Å². The van der Waals surface area contributed by atoms with Gasteiger partial charge in [0.25, 0.3) is 5.91 Å². The van der Waals surface area contributed by atoms with E-state index in [1.54, 1.807) is 7.11 Å². The predicted octanol–water partition coefficient (Wildman–Crippen LogP) is 3.13. The lowest BCUT2D eigenvalue weighted by Crippen LogP contribution is -2.59. The van der Waals surface area contributed by atoms with Crippen LogP contribution < -0.4 is 9.46 Å². The number of hydrogen-bond donors (Lipinski definition) is 1. The van der Waals surface area contributed by atoms with E-state index in [0.717, 1.165) is 55.0 Å². The summed E-state index contributed by atoms with van der Waals surface area (Å²) in [7, 11) is -2.19. The highest BCUT2D eigenvalue weighted by Crippen LogP contribution is 2.58. The largest absolute Gasteiger partial charge is 0.488 e. The molecular weight excluding hydrogens is 447 g/mol. The number of carbonyl (C=O) groups excluding carboxylic acids is 1. The smallest absolute Gasteiger partial charge is 0.304 e. The normalized spacial score (nSPS) is 34.4. The van der Waals surface area contributed by atoms with Crippen LogP contribution in [0.1, 0.15) is 48.9 Å². The molecule has 2 atom stereocenters. The molecule has 6 rings (SSSR count). The third kappa shape index (κ3) is 3.73. The highest BCUT2D eigenvalue weighted by Gasteiger charge is 2.56. The van der Waals surface area contributed by atoms with Crippen molar-refractivity contribution in [2.24, 2.45) is 17.8 Å². The maximum absolute atomic E-state index is 14.8. The first-order chi connectivity index (χ1) is 14.7. The molecule has 1 aromatic rings. The van der Waals surface area contributed by atoms with Crippen molar-refractivity contribution < 1.29 is 27.1 Å². The van der Waals surface area contributed by atoms with Crippen LogP contribution in [0, 0.1) is 23.6 Å².